The molecule has 0 aliphatic carbocycles. The van der Waals surface area contributed by atoms with Crippen molar-refractivity contribution >= 4 is 97.4 Å². The summed E-state index contributed by atoms with van der Waals surface area (Å²) in [6.45, 7) is 19.9. The van der Waals surface area contributed by atoms with Crippen LogP contribution in [0.2, 0.25) is 10.0 Å². The van der Waals surface area contributed by atoms with E-state index in [1.165, 1.54) is 21.3 Å². The van der Waals surface area contributed by atoms with Crippen molar-refractivity contribution in [3.63, 3.8) is 0 Å². The van der Waals surface area contributed by atoms with Crippen LogP contribution in [0.3, 0.4) is 0 Å². The molecule has 444 valence electrons. The quantitative estimate of drug-likeness (QED) is 0.113. The largest absolute Gasteiger partial charge is 0.495 e. The highest BCUT2D eigenvalue weighted by atomic mass is 79.9. The van der Waals surface area contributed by atoms with Crippen molar-refractivity contribution in [1.29, 1.82) is 0 Å². The number of imidazole rings is 2. The Morgan fingerprint density at radius 3 is 1.45 bits per heavy atom. The van der Waals surface area contributed by atoms with E-state index in [4.69, 9.17) is 32.5 Å². The molecule has 0 spiro atoms. The molecule has 0 radical (unpaired) electrons. The van der Waals surface area contributed by atoms with Gasteiger partial charge in [-0.3, -0.25) is 37.9 Å². The number of carbonyl (C=O) groups excluding carboxylic acids is 4. The van der Waals surface area contributed by atoms with Crippen LogP contribution in [-0.2, 0) is 59.2 Å². The standard InChI is InChI=1S/C28H32BClN4O5.C28H29ClN6O3.C5H7BrN2/c1-27(2)14-33(15-27)23(35)13-34-24-19(9-20(12-31-24)29-38-16-28(3,4)17-39-29)10-22(26(34)37)25(36)32-11-18-5-7-21(30)8-6-18;1-17-32-23(13-33(17)4)20-9-19-10-22(26(37)31-11-18-5-7-21(29)8-6-18)27(38)35(25(19)30-12-20)14-24(36)34-15-28(2,3)16-34;1-4-7-5(6)3-8(4)2/h5-10,12H,11,13-17H2,1-4H3,(H,32,36);5-10,12-13H,11,14-16H2,1-4H3,(H,31,37);3H,1-2H3. The monoisotopic (exact) mass is 1260 g/mol. The fourth-order valence-electron chi connectivity index (χ4n) is 10.1. The van der Waals surface area contributed by atoms with Gasteiger partial charge in [0.1, 0.15) is 51.8 Å². The highest BCUT2D eigenvalue weighted by Crippen LogP contribution is 2.31. The smallest absolute Gasteiger partial charge is 0.407 e. The first kappa shape index (κ1) is 62.0. The van der Waals surface area contributed by atoms with Gasteiger partial charge in [-0.05, 0) is 100 Å². The van der Waals surface area contributed by atoms with Crippen LogP contribution in [0.25, 0.3) is 33.3 Å². The number of pyridine rings is 4. The van der Waals surface area contributed by atoms with Gasteiger partial charge < -0.3 is 38.9 Å². The van der Waals surface area contributed by atoms with E-state index >= 15 is 0 Å². The van der Waals surface area contributed by atoms with Gasteiger partial charge in [0.2, 0.25) is 11.8 Å². The van der Waals surface area contributed by atoms with Crippen LogP contribution in [-0.4, -0.2) is 118 Å². The maximum absolute atomic E-state index is 13.6. The molecule has 3 fully saturated rings. The Morgan fingerprint density at radius 2 is 1.05 bits per heavy atom. The predicted molar refractivity (Wildman–Crippen MR) is 332 cm³/mol. The third kappa shape index (κ3) is 15.0. The number of nitrogens with one attached hydrogen (secondary N) is 2. The van der Waals surface area contributed by atoms with Crippen molar-refractivity contribution in [3.05, 3.63) is 167 Å². The normalized spacial score (nSPS) is 15.7. The first-order chi connectivity index (χ1) is 40.1. The summed E-state index contributed by atoms with van der Waals surface area (Å²) in [6, 6.07) is 20.9. The molecule has 0 bridgehead atoms. The molecule has 3 aliphatic heterocycles. The fraction of sp³-hybridized carbons (Fsp3) is 0.377. The lowest BCUT2D eigenvalue weighted by Gasteiger charge is -2.45. The molecule has 3 aliphatic rings. The molecule has 2 N–H and O–H groups in total. The van der Waals surface area contributed by atoms with Crippen LogP contribution in [0.4, 0.5) is 0 Å². The van der Waals surface area contributed by atoms with E-state index in [1.807, 2.05) is 55.5 Å². The molecule has 3 saturated heterocycles. The molecule has 6 aromatic heterocycles. The van der Waals surface area contributed by atoms with E-state index in [9.17, 15) is 28.8 Å². The Bertz CT molecular complexity index is 3930. The second-order valence-corrected chi connectivity index (χ2v) is 26.0. The minimum absolute atomic E-state index is 0.0494. The van der Waals surface area contributed by atoms with Crippen molar-refractivity contribution in [2.24, 2.45) is 30.3 Å². The van der Waals surface area contributed by atoms with Gasteiger partial charge in [-0.2, -0.15) is 0 Å². The number of hydrogen-bond acceptors (Lipinski definition) is 12. The van der Waals surface area contributed by atoms with Crippen LogP contribution in [0.5, 0.6) is 0 Å². The molecule has 4 amide bonds. The Balaban J connectivity index is 0.000000180. The first-order valence-electron chi connectivity index (χ1n) is 27.7. The maximum atomic E-state index is 13.6. The predicted octanol–water partition coefficient (Wildman–Crippen LogP) is 7.66. The highest BCUT2D eigenvalue weighted by Gasteiger charge is 2.39. The van der Waals surface area contributed by atoms with Crippen molar-refractivity contribution in [3.8, 4) is 11.3 Å². The van der Waals surface area contributed by atoms with Gasteiger partial charge in [-0.1, -0.05) is 89.0 Å². The molecule has 24 heteroatoms. The molecule has 0 saturated carbocycles. The summed E-state index contributed by atoms with van der Waals surface area (Å²) in [5, 5.41) is 7.91. The van der Waals surface area contributed by atoms with Crippen LogP contribution in [0, 0.1) is 30.1 Å². The Hall–Kier alpha value is -7.50. The summed E-state index contributed by atoms with van der Waals surface area (Å²) in [4.78, 5) is 101. The van der Waals surface area contributed by atoms with Gasteiger partial charge in [-0.15, -0.1) is 0 Å². The van der Waals surface area contributed by atoms with E-state index < -0.39 is 30.1 Å². The SMILES string of the molecule is CC1(C)COB(c2cnc3c(c2)cc(C(=O)NCc2ccc(Cl)cc2)c(=O)n3CC(=O)N2CC(C)(C)C2)OC1.Cc1nc(-c2cnc3c(c2)cc(C(=O)NCc2ccc(Cl)cc2)c(=O)n3CC(=O)N2CC(C)(C)C2)cn1C.Cc1nc(Br)cn1C. The van der Waals surface area contributed by atoms with Crippen LogP contribution in [0.1, 0.15) is 85.0 Å². The summed E-state index contributed by atoms with van der Waals surface area (Å²) in [7, 11) is 3.26. The molecular formula is C61H68BBrCl2N12O8. The van der Waals surface area contributed by atoms with Gasteiger partial charge in [0.25, 0.3) is 22.9 Å². The Kier molecular flexibility index (Phi) is 18.4. The second-order valence-electron chi connectivity index (χ2n) is 24.3. The van der Waals surface area contributed by atoms with E-state index in [0.717, 1.165) is 38.6 Å². The molecule has 0 atom stereocenters. The number of rotatable bonds is 12. The summed E-state index contributed by atoms with van der Waals surface area (Å²) < 4.78 is 19.2. The summed E-state index contributed by atoms with van der Waals surface area (Å²) in [5.41, 5.74) is 3.23. The fourth-order valence-corrected chi connectivity index (χ4v) is 10.9. The van der Waals surface area contributed by atoms with Gasteiger partial charge in [0.05, 0.1) is 5.69 Å². The number of halogens is 3. The molecule has 2 aromatic carbocycles. The van der Waals surface area contributed by atoms with Gasteiger partial charge in [-0.25, -0.2) is 19.9 Å². The zero-order valence-electron chi connectivity index (χ0n) is 49.3. The van der Waals surface area contributed by atoms with Crippen LogP contribution < -0.4 is 27.2 Å². The number of amides is 4. The van der Waals surface area contributed by atoms with Crippen LogP contribution >= 0.6 is 39.1 Å². The minimum Gasteiger partial charge on any atom is -0.407 e. The highest BCUT2D eigenvalue weighted by molar-refractivity contribution is 9.10. The summed E-state index contributed by atoms with van der Waals surface area (Å²) in [5.74, 6) is 0.422. The Labute approximate surface area is 511 Å². The van der Waals surface area contributed by atoms with Crippen LogP contribution in [0.15, 0.2) is 112 Å². The molecule has 85 heavy (non-hydrogen) atoms. The molecule has 0 unspecified atom stereocenters. The van der Waals surface area contributed by atoms with E-state index in [-0.39, 0.29) is 65.4 Å². The maximum Gasteiger partial charge on any atom is 0.495 e. The lowest BCUT2D eigenvalue weighted by atomic mass is 9.76. The van der Waals surface area contributed by atoms with Gasteiger partial charge >= 0.3 is 7.12 Å². The van der Waals surface area contributed by atoms with Crippen molar-refractivity contribution < 1.29 is 28.5 Å². The number of likely N-dealkylation sites (tertiary alicyclic amines) is 2. The Morgan fingerprint density at radius 1 is 0.612 bits per heavy atom. The van der Waals surface area contributed by atoms with Gasteiger partial charge in [0.15, 0.2) is 0 Å². The molecule has 11 rings (SSSR count). The topological polar surface area (TPSA) is 223 Å². The number of fused-ring (bicyclic) bond motifs is 2. The minimum atomic E-state index is -0.609. The lowest BCUT2D eigenvalue weighted by molar-refractivity contribution is -0.142. The molecule has 9 heterocycles. The number of aryl methyl sites for hydroxylation is 4. The van der Waals surface area contributed by atoms with E-state index in [2.05, 4.69) is 88.0 Å². The van der Waals surface area contributed by atoms with Crippen molar-refractivity contribution in [1.82, 2.24) is 58.6 Å². The second kappa shape index (κ2) is 25.2. The lowest BCUT2D eigenvalue weighted by Crippen LogP contribution is -2.56. The summed E-state index contributed by atoms with van der Waals surface area (Å²) >= 11 is 15.2. The van der Waals surface area contributed by atoms with E-state index in [0.29, 0.717) is 77.0 Å². The molecule has 8 aromatic rings. The number of benzene rings is 2. The number of carbonyl (C=O) groups is 4. The number of nitrogens with zero attached hydrogens (tertiary/aromatic N) is 10. The number of hydrogen-bond donors (Lipinski definition) is 2. The zero-order chi connectivity index (χ0) is 61.3. The van der Waals surface area contributed by atoms with E-state index in [1.54, 1.807) is 76.8 Å². The number of aromatic nitrogens is 8. The van der Waals surface area contributed by atoms with Crippen molar-refractivity contribution in [2.45, 2.75) is 81.6 Å². The third-order valence-electron chi connectivity index (χ3n) is 14.9. The third-order valence-corrected chi connectivity index (χ3v) is 15.8. The first-order valence-corrected chi connectivity index (χ1v) is 29.2. The molecular weight excluding hydrogens is 1190 g/mol. The zero-order valence-corrected chi connectivity index (χ0v) is 52.4. The van der Waals surface area contributed by atoms with Crippen molar-refractivity contribution in [2.75, 3.05) is 39.4 Å². The van der Waals surface area contributed by atoms with Gasteiger partial charge in [0, 0.05) is 129 Å². The summed E-state index contributed by atoms with van der Waals surface area (Å²) in [6.07, 6.45) is 7.05. The average molecular weight is 1260 g/mol. The average Bonchev–Trinajstić information content (AvgIpc) is 3.04. The molecule has 20 nitrogen and oxygen atoms in total.